The summed E-state index contributed by atoms with van der Waals surface area (Å²) >= 11 is 0. The van der Waals surface area contributed by atoms with E-state index < -0.39 is 10.0 Å². The summed E-state index contributed by atoms with van der Waals surface area (Å²) in [6.45, 7) is 3.56. The summed E-state index contributed by atoms with van der Waals surface area (Å²) < 4.78 is 41.5. The minimum Gasteiger partial charge on any atom is -0.339 e. The fourth-order valence-electron chi connectivity index (χ4n) is 2.39. The molecule has 3 rings (SSSR count). The van der Waals surface area contributed by atoms with Gasteiger partial charge in [0.2, 0.25) is 0 Å². The Morgan fingerprint density at radius 2 is 1.65 bits per heavy atom. The second-order valence-corrected chi connectivity index (χ2v) is 7.56. The van der Waals surface area contributed by atoms with E-state index in [1.54, 1.807) is 31.2 Å². The van der Waals surface area contributed by atoms with Crippen LogP contribution in [0.4, 0.5) is 21.6 Å². The lowest BCUT2D eigenvalue weighted by molar-refractivity contribution is 0.601. The van der Waals surface area contributed by atoms with Gasteiger partial charge in [-0.2, -0.15) is 0 Å². The maximum absolute atomic E-state index is 13.4. The van der Waals surface area contributed by atoms with E-state index in [9.17, 15) is 12.8 Å². The number of hydrogen-bond donors (Lipinski definition) is 2. The Morgan fingerprint density at radius 1 is 0.962 bits per heavy atom. The summed E-state index contributed by atoms with van der Waals surface area (Å²) in [6, 6.07) is 14.5. The molecular formula is C19H18FN3O2S. The number of pyridine rings is 1. The smallest absolute Gasteiger partial charge is 0.265 e. The highest BCUT2D eigenvalue weighted by Crippen LogP contribution is 2.25. The molecule has 0 aliphatic heterocycles. The second-order valence-electron chi connectivity index (χ2n) is 5.91. The lowest BCUT2D eigenvalue weighted by Crippen LogP contribution is -2.15. The average Bonchev–Trinajstić information content (AvgIpc) is 2.60. The lowest BCUT2D eigenvalue weighted by Gasteiger charge is -2.13. The van der Waals surface area contributed by atoms with Gasteiger partial charge in [-0.3, -0.25) is 4.72 Å². The quantitative estimate of drug-likeness (QED) is 0.698. The number of nitrogens with zero attached hydrogens (tertiary/aromatic N) is 1. The molecule has 0 amide bonds. The van der Waals surface area contributed by atoms with Crippen LogP contribution in [0.1, 0.15) is 11.1 Å². The molecule has 134 valence electrons. The first kappa shape index (κ1) is 17.9. The molecule has 2 aromatic carbocycles. The monoisotopic (exact) mass is 371 g/mol. The first-order valence-electron chi connectivity index (χ1n) is 7.93. The standard InChI is InChI=1S/C19H18FN3O2S/c1-13-5-7-15(8-6-13)23-26(24,25)18-4-3-11-21-19(18)22-16-9-10-17(20)14(2)12-16/h3-12,23H,1-2H3,(H,21,22). The minimum atomic E-state index is -3.84. The van der Waals surface area contributed by atoms with Crippen molar-refractivity contribution >= 4 is 27.2 Å². The normalized spacial score (nSPS) is 11.2. The Bertz CT molecular complexity index is 1030. The van der Waals surface area contributed by atoms with Crippen LogP contribution in [-0.4, -0.2) is 13.4 Å². The maximum Gasteiger partial charge on any atom is 0.265 e. The third kappa shape index (κ3) is 4.00. The topological polar surface area (TPSA) is 71.1 Å². The van der Waals surface area contributed by atoms with Crippen LogP contribution in [0.25, 0.3) is 0 Å². The zero-order chi connectivity index (χ0) is 18.7. The van der Waals surface area contributed by atoms with Crippen molar-refractivity contribution in [2.75, 3.05) is 10.0 Å². The van der Waals surface area contributed by atoms with Crippen molar-refractivity contribution in [2.45, 2.75) is 18.7 Å². The summed E-state index contributed by atoms with van der Waals surface area (Å²) in [7, 11) is -3.84. The molecule has 7 heteroatoms. The zero-order valence-electron chi connectivity index (χ0n) is 14.3. The van der Waals surface area contributed by atoms with Gasteiger partial charge in [0.15, 0.2) is 5.82 Å². The molecule has 0 atom stereocenters. The Hall–Kier alpha value is -2.93. The number of halogens is 1. The molecule has 0 spiro atoms. The van der Waals surface area contributed by atoms with Gasteiger partial charge < -0.3 is 5.32 Å². The molecule has 3 aromatic rings. The van der Waals surface area contributed by atoms with Gasteiger partial charge in [0, 0.05) is 17.6 Å². The molecule has 1 aromatic heterocycles. The van der Waals surface area contributed by atoms with Crippen molar-refractivity contribution in [2.24, 2.45) is 0 Å². The predicted octanol–water partition coefficient (Wildman–Crippen LogP) is 4.38. The molecule has 0 saturated carbocycles. The molecule has 0 fully saturated rings. The molecule has 26 heavy (non-hydrogen) atoms. The Balaban J connectivity index is 1.92. The van der Waals surface area contributed by atoms with Crippen LogP contribution in [0.5, 0.6) is 0 Å². The van der Waals surface area contributed by atoms with E-state index in [1.807, 2.05) is 19.1 Å². The van der Waals surface area contributed by atoms with E-state index in [1.165, 1.54) is 24.4 Å². The molecule has 0 aliphatic carbocycles. The van der Waals surface area contributed by atoms with E-state index in [0.717, 1.165) is 5.56 Å². The number of aromatic nitrogens is 1. The van der Waals surface area contributed by atoms with E-state index >= 15 is 0 Å². The average molecular weight is 371 g/mol. The van der Waals surface area contributed by atoms with Crippen LogP contribution in [-0.2, 0) is 10.0 Å². The van der Waals surface area contributed by atoms with Gasteiger partial charge in [0.1, 0.15) is 10.7 Å². The second kappa shape index (κ2) is 7.13. The van der Waals surface area contributed by atoms with Crippen LogP contribution in [0.2, 0.25) is 0 Å². The number of benzene rings is 2. The molecule has 0 aliphatic rings. The van der Waals surface area contributed by atoms with Gasteiger partial charge in [-0.25, -0.2) is 17.8 Å². The highest BCUT2D eigenvalue weighted by molar-refractivity contribution is 7.92. The predicted molar refractivity (Wildman–Crippen MR) is 101 cm³/mol. The highest BCUT2D eigenvalue weighted by atomic mass is 32.2. The molecule has 2 N–H and O–H groups in total. The Kier molecular flexibility index (Phi) is 4.90. The highest BCUT2D eigenvalue weighted by Gasteiger charge is 2.20. The molecule has 0 unspecified atom stereocenters. The summed E-state index contributed by atoms with van der Waals surface area (Å²) in [6.07, 6.45) is 1.49. The van der Waals surface area contributed by atoms with Crippen molar-refractivity contribution in [1.82, 2.24) is 4.98 Å². The number of hydrogen-bond acceptors (Lipinski definition) is 4. The van der Waals surface area contributed by atoms with Gasteiger partial charge in [-0.05, 0) is 61.9 Å². The number of sulfonamides is 1. The van der Waals surface area contributed by atoms with Crippen LogP contribution in [0.15, 0.2) is 65.7 Å². The minimum absolute atomic E-state index is 0.00236. The fraction of sp³-hybridized carbons (Fsp3) is 0.105. The Labute approximate surface area is 152 Å². The van der Waals surface area contributed by atoms with Gasteiger partial charge in [0.25, 0.3) is 10.0 Å². The summed E-state index contributed by atoms with van der Waals surface area (Å²) in [5.74, 6) is -0.163. The van der Waals surface area contributed by atoms with E-state index in [4.69, 9.17) is 0 Å². The lowest BCUT2D eigenvalue weighted by atomic mass is 10.2. The van der Waals surface area contributed by atoms with Gasteiger partial charge in [-0.1, -0.05) is 17.7 Å². The number of nitrogens with one attached hydrogen (secondary N) is 2. The molecule has 5 nitrogen and oxygen atoms in total. The molecule has 0 saturated heterocycles. The van der Waals surface area contributed by atoms with Crippen LogP contribution >= 0.6 is 0 Å². The SMILES string of the molecule is Cc1ccc(NS(=O)(=O)c2cccnc2Nc2ccc(F)c(C)c2)cc1. The third-order valence-corrected chi connectivity index (χ3v) is 5.20. The van der Waals surface area contributed by atoms with Crippen molar-refractivity contribution < 1.29 is 12.8 Å². The first-order chi connectivity index (χ1) is 12.3. The van der Waals surface area contributed by atoms with Crippen molar-refractivity contribution in [3.63, 3.8) is 0 Å². The third-order valence-electron chi connectivity index (χ3n) is 3.78. The zero-order valence-corrected chi connectivity index (χ0v) is 15.1. The Morgan fingerprint density at radius 3 is 2.35 bits per heavy atom. The number of rotatable bonds is 5. The van der Waals surface area contributed by atoms with Crippen molar-refractivity contribution in [1.29, 1.82) is 0 Å². The number of aryl methyl sites for hydroxylation is 2. The van der Waals surface area contributed by atoms with Crippen molar-refractivity contribution in [3.8, 4) is 0 Å². The van der Waals surface area contributed by atoms with E-state index in [0.29, 0.717) is 16.9 Å². The van der Waals surface area contributed by atoms with E-state index in [-0.39, 0.29) is 16.5 Å². The molecular weight excluding hydrogens is 353 g/mol. The summed E-state index contributed by atoms with van der Waals surface area (Å²) in [5, 5.41) is 2.94. The molecule has 0 radical (unpaired) electrons. The molecule has 1 heterocycles. The largest absolute Gasteiger partial charge is 0.339 e. The van der Waals surface area contributed by atoms with Crippen molar-refractivity contribution in [3.05, 3.63) is 77.7 Å². The number of anilines is 3. The first-order valence-corrected chi connectivity index (χ1v) is 9.41. The summed E-state index contributed by atoms with van der Waals surface area (Å²) in [4.78, 5) is 4.13. The van der Waals surface area contributed by atoms with Crippen LogP contribution < -0.4 is 10.0 Å². The van der Waals surface area contributed by atoms with Gasteiger partial charge >= 0.3 is 0 Å². The van der Waals surface area contributed by atoms with Gasteiger partial charge in [0.05, 0.1) is 0 Å². The fourth-order valence-corrected chi connectivity index (χ4v) is 3.56. The van der Waals surface area contributed by atoms with Crippen LogP contribution in [0.3, 0.4) is 0 Å². The maximum atomic E-state index is 13.4. The van der Waals surface area contributed by atoms with Crippen LogP contribution in [0, 0.1) is 19.7 Å². The molecule has 0 bridgehead atoms. The summed E-state index contributed by atoms with van der Waals surface area (Å²) in [5.41, 5.74) is 2.49. The van der Waals surface area contributed by atoms with E-state index in [2.05, 4.69) is 15.0 Å². The van der Waals surface area contributed by atoms with Gasteiger partial charge in [-0.15, -0.1) is 0 Å².